The maximum Gasteiger partial charge on any atom is 0.326 e. The molecular weight excluding hydrogens is 278 g/mol. The number of rotatable bonds is 5. The molecule has 0 aromatic carbocycles. The van der Waals surface area contributed by atoms with Crippen LogP contribution in [0.4, 0.5) is 4.79 Å². The molecule has 0 bridgehead atoms. The van der Waals surface area contributed by atoms with Crippen LogP contribution in [0.5, 0.6) is 0 Å². The Morgan fingerprint density at radius 3 is 2.19 bits per heavy atom. The number of ether oxygens (including phenoxy) is 1. The molecule has 0 unspecified atom stereocenters. The van der Waals surface area contributed by atoms with Crippen LogP contribution in [-0.4, -0.2) is 78.2 Å². The summed E-state index contributed by atoms with van der Waals surface area (Å²) in [6.45, 7) is 6.75. The number of carboxylic acid groups (broad SMARTS) is 1. The minimum Gasteiger partial charge on any atom is -0.480 e. The Morgan fingerprint density at radius 1 is 1.19 bits per heavy atom. The molecule has 21 heavy (non-hydrogen) atoms. The topological polar surface area (TPSA) is 99.2 Å². The molecule has 120 valence electrons. The third-order valence-corrected chi connectivity index (χ3v) is 3.53. The molecule has 1 aliphatic heterocycles. The Hall–Kier alpha value is -1.83. The normalized spacial score (nSPS) is 17.4. The SMILES string of the molecule is COC(=O)C[C@H](NC(=O)N1CCN(C(C)C)CC1)C(=O)O. The number of piperazine rings is 1. The van der Waals surface area contributed by atoms with E-state index in [1.165, 1.54) is 7.11 Å². The van der Waals surface area contributed by atoms with E-state index < -0.39 is 24.0 Å². The van der Waals surface area contributed by atoms with Gasteiger partial charge >= 0.3 is 18.0 Å². The third-order valence-electron chi connectivity index (χ3n) is 3.53. The highest BCUT2D eigenvalue weighted by atomic mass is 16.5. The van der Waals surface area contributed by atoms with Crippen molar-refractivity contribution in [3.63, 3.8) is 0 Å². The maximum absolute atomic E-state index is 12.0. The van der Waals surface area contributed by atoms with Crippen molar-refractivity contribution in [1.29, 1.82) is 0 Å². The van der Waals surface area contributed by atoms with Gasteiger partial charge in [-0.05, 0) is 13.8 Å². The van der Waals surface area contributed by atoms with Crippen LogP contribution in [0.1, 0.15) is 20.3 Å². The van der Waals surface area contributed by atoms with E-state index in [1.807, 2.05) is 0 Å². The molecule has 1 heterocycles. The largest absolute Gasteiger partial charge is 0.480 e. The predicted molar refractivity (Wildman–Crippen MR) is 74.9 cm³/mol. The van der Waals surface area contributed by atoms with Crippen LogP contribution in [0.15, 0.2) is 0 Å². The first-order chi connectivity index (χ1) is 9.85. The van der Waals surface area contributed by atoms with Crippen molar-refractivity contribution in [2.24, 2.45) is 0 Å². The molecule has 0 aliphatic carbocycles. The monoisotopic (exact) mass is 301 g/mol. The quantitative estimate of drug-likeness (QED) is 0.679. The molecule has 0 aromatic rings. The van der Waals surface area contributed by atoms with Crippen LogP contribution in [0.3, 0.4) is 0 Å². The fourth-order valence-corrected chi connectivity index (χ4v) is 2.13. The third kappa shape index (κ3) is 5.22. The van der Waals surface area contributed by atoms with Gasteiger partial charge in [0.25, 0.3) is 0 Å². The molecular formula is C13H23N3O5. The van der Waals surface area contributed by atoms with E-state index >= 15 is 0 Å². The van der Waals surface area contributed by atoms with E-state index in [-0.39, 0.29) is 6.42 Å². The summed E-state index contributed by atoms with van der Waals surface area (Å²) in [5, 5.41) is 11.4. The van der Waals surface area contributed by atoms with Crippen molar-refractivity contribution < 1.29 is 24.2 Å². The number of methoxy groups -OCH3 is 1. The zero-order valence-electron chi connectivity index (χ0n) is 12.7. The first-order valence-electron chi connectivity index (χ1n) is 6.94. The van der Waals surface area contributed by atoms with E-state index in [9.17, 15) is 14.4 Å². The number of esters is 1. The van der Waals surface area contributed by atoms with Crippen LogP contribution in [-0.2, 0) is 14.3 Å². The van der Waals surface area contributed by atoms with Crippen molar-refractivity contribution in [3.8, 4) is 0 Å². The summed E-state index contributed by atoms with van der Waals surface area (Å²) >= 11 is 0. The number of carbonyl (C=O) groups excluding carboxylic acids is 2. The molecule has 0 spiro atoms. The van der Waals surface area contributed by atoms with E-state index in [2.05, 4.69) is 28.8 Å². The van der Waals surface area contributed by atoms with Crippen molar-refractivity contribution in [2.45, 2.75) is 32.4 Å². The van der Waals surface area contributed by atoms with Crippen molar-refractivity contribution in [3.05, 3.63) is 0 Å². The van der Waals surface area contributed by atoms with Crippen LogP contribution in [0.25, 0.3) is 0 Å². The molecule has 0 aromatic heterocycles. The summed E-state index contributed by atoms with van der Waals surface area (Å²) in [6, 6.07) is -1.32. The van der Waals surface area contributed by atoms with Crippen LogP contribution in [0.2, 0.25) is 0 Å². The Labute approximate surface area is 124 Å². The predicted octanol–water partition coefficient (Wildman–Crippen LogP) is -0.262. The molecule has 8 heteroatoms. The lowest BCUT2D eigenvalue weighted by atomic mass is 10.2. The highest BCUT2D eigenvalue weighted by Gasteiger charge is 2.28. The van der Waals surface area contributed by atoms with E-state index in [0.717, 1.165) is 13.1 Å². The molecule has 2 amide bonds. The van der Waals surface area contributed by atoms with Gasteiger partial charge in [-0.3, -0.25) is 9.69 Å². The van der Waals surface area contributed by atoms with Gasteiger partial charge in [0.15, 0.2) is 0 Å². The number of carbonyl (C=O) groups is 3. The molecule has 1 fully saturated rings. The summed E-state index contributed by atoms with van der Waals surface area (Å²) in [5.41, 5.74) is 0. The van der Waals surface area contributed by atoms with Crippen LogP contribution >= 0.6 is 0 Å². The summed E-state index contributed by atoms with van der Waals surface area (Å²) in [5.74, 6) is -1.93. The van der Waals surface area contributed by atoms with Gasteiger partial charge in [-0.2, -0.15) is 0 Å². The maximum atomic E-state index is 12.0. The number of urea groups is 1. The van der Waals surface area contributed by atoms with Gasteiger partial charge in [-0.25, -0.2) is 9.59 Å². The van der Waals surface area contributed by atoms with E-state index in [4.69, 9.17) is 5.11 Å². The summed E-state index contributed by atoms with van der Waals surface area (Å²) in [4.78, 5) is 38.1. The first-order valence-corrected chi connectivity index (χ1v) is 6.94. The smallest absolute Gasteiger partial charge is 0.326 e. The average molecular weight is 301 g/mol. The van der Waals surface area contributed by atoms with Crippen molar-refractivity contribution in [2.75, 3.05) is 33.3 Å². The van der Waals surface area contributed by atoms with Gasteiger partial charge in [0, 0.05) is 32.2 Å². The molecule has 1 atom stereocenters. The van der Waals surface area contributed by atoms with Crippen molar-refractivity contribution in [1.82, 2.24) is 15.1 Å². The average Bonchev–Trinajstić information content (AvgIpc) is 2.46. The standard InChI is InChI=1S/C13H23N3O5/c1-9(2)15-4-6-16(7-5-15)13(20)14-10(12(18)19)8-11(17)21-3/h9-10H,4-8H2,1-3H3,(H,14,20)(H,18,19)/t10-/m0/s1. The number of amides is 2. The molecule has 1 rings (SSSR count). The Bertz CT molecular complexity index is 391. The lowest BCUT2D eigenvalue weighted by molar-refractivity contribution is -0.147. The first kappa shape index (κ1) is 17.2. The van der Waals surface area contributed by atoms with Gasteiger partial charge < -0.3 is 20.1 Å². The van der Waals surface area contributed by atoms with E-state index in [1.54, 1.807) is 4.90 Å². The van der Waals surface area contributed by atoms with E-state index in [0.29, 0.717) is 19.1 Å². The molecule has 1 saturated heterocycles. The molecule has 0 saturated carbocycles. The highest BCUT2D eigenvalue weighted by Crippen LogP contribution is 2.06. The van der Waals surface area contributed by atoms with Gasteiger partial charge in [0.05, 0.1) is 13.5 Å². The Balaban J connectivity index is 2.51. The second-order valence-corrected chi connectivity index (χ2v) is 5.24. The van der Waals surface area contributed by atoms with Gasteiger partial charge in [0.1, 0.15) is 6.04 Å². The minimum atomic E-state index is -1.27. The summed E-state index contributed by atoms with van der Waals surface area (Å²) in [6.07, 6.45) is -0.385. The molecule has 1 aliphatic rings. The van der Waals surface area contributed by atoms with Gasteiger partial charge in [-0.1, -0.05) is 0 Å². The fraction of sp³-hybridized carbons (Fsp3) is 0.769. The number of nitrogens with one attached hydrogen (secondary N) is 1. The second kappa shape index (κ2) is 7.82. The zero-order valence-corrected chi connectivity index (χ0v) is 12.7. The number of hydrogen-bond donors (Lipinski definition) is 2. The number of hydrogen-bond acceptors (Lipinski definition) is 5. The molecule has 2 N–H and O–H groups in total. The Kier molecular flexibility index (Phi) is 6.41. The molecule has 8 nitrogen and oxygen atoms in total. The lowest BCUT2D eigenvalue weighted by Crippen LogP contribution is -2.55. The van der Waals surface area contributed by atoms with Crippen LogP contribution in [0, 0.1) is 0 Å². The van der Waals surface area contributed by atoms with Crippen molar-refractivity contribution >= 4 is 18.0 Å². The fourth-order valence-electron chi connectivity index (χ4n) is 2.13. The van der Waals surface area contributed by atoms with Gasteiger partial charge in [0.2, 0.25) is 0 Å². The minimum absolute atomic E-state index is 0.385. The summed E-state index contributed by atoms with van der Waals surface area (Å²) in [7, 11) is 1.17. The van der Waals surface area contributed by atoms with Gasteiger partial charge in [-0.15, -0.1) is 0 Å². The second-order valence-electron chi connectivity index (χ2n) is 5.24. The number of carboxylic acids is 1. The molecule has 0 radical (unpaired) electrons. The zero-order chi connectivity index (χ0) is 16.0. The number of nitrogens with zero attached hydrogens (tertiary/aromatic N) is 2. The lowest BCUT2D eigenvalue weighted by Gasteiger charge is -2.37. The van der Waals surface area contributed by atoms with Crippen LogP contribution < -0.4 is 5.32 Å². The summed E-state index contributed by atoms with van der Waals surface area (Å²) < 4.78 is 4.42. The number of aliphatic carboxylic acids is 1. The Morgan fingerprint density at radius 2 is 1.76 bits per heavy atom. The highest BCUT2D eigenvalue weighted by molar-refractivity contribution is 5.86.